The summed E-state index contributed by atoms with van der Waals surface area (Å²) in [5.74, 6) is 0.0940. The third-order valence-corrected chi connectivity index (χ3v) is 6.16. The van der Waals surface area contributed by atoms with Gasteiger partial charge >= 0.3 is 0 Å². The van der Waals surface area contributed by atoms with Crippen LogP contribution in [0.5, 0.6) is 0 Å². The number of nitrogens with zero attached hydrogens (tertiary/aromatic N) is 2. The maximum Gasteiger partial charge on any atom is 0.244 e. The SMILES string of the molecule is CC(=O)N1CCc2cc(NC(=O)C3(C)CCN3Cc3ccc(C)cc3)ccc21. The molecule has 28 heavy (non-hydrogen) atoms. The summed E-state index contributed by atoms with van der Waals surface area (Å²) in [6.07, 6.45) is 1.68. The largest absolute Gasteiger partial charge is 0.324 e. The Morgan fingerprint density at radius 3 is 2.50 bits per heavy atom. The van der Waals surface area contributed by atoms with Gasteiger partial charge < -0.3 is 10.2 Å². The van der Waals surface area contributed by atoms with E-state index in [1.807, 2.05) is 25.1 Å². The van der Waals surface area contributed by atoms with Crippen molar-refractivity contribution >= 4 is 23.2 Å². The van der Waals surface area contributed by atoms with Crippen LogP contribution in [0, 0.1) is 6.92 Å². The van der Waals surface area contributed by atoms with Gasteiger partial charge in [-0.25, -0.2) is 0 Å². The lowest BCUT2D eigenvalue weighted by atomic mass is 9.85. The lowest BCUT2D eigenvalue weighted by Gasteiger charge is -2.49. The molecule has 1 atom stereocenters. The number of anilines is 2. The number of aryl methyl sites for hydroxylation is 1. The van der Waals surface area contributed by atoms with E-state index < -0.39 is 5.54 Å². The van der Waals surface area contributed by atoms with Gasteiger partial charge in [-0.3, -0.25) is 14.5 Å². The van der Waals surface area contributed by atoms with Crippen molar-refractivity contribution in [3.05, 3.63) is 59.2 Å². The Hall–Kier alpha value is -2.66. The molecule has 0 aliphatic carbocycles. The normalized spacial score (nSPS) is 21.2. The fourth-order valence-electron chi connectivity index (χ4n) is 4.10. The summed E-state index contributed by atoms with van der Waals surface area (Å²) in [4.78, 5) is 28.8. The molecule has 1 N–H and O–H groups in total. The molecule has 0 spiro atoms. The maximum atomic E-state index is 13.0. The van der Waals surface area contributed by atoms with E-state index >= 15 is 0 Å². The zero-order chi connectivity index (χ0) is 19.9. The molecule has 1 fully saturated rings. The van der Waals surface area contributed by atoms with Crippen molar-refractivity contribution in [1.29, 1.82) is 0 Å². The number of nitrogens with one attached hydrogen (secondary N) is 1. The minimum absolute atomic E-state index is 0.0345. The first-order chi connectivity index (χ1) is 13.4. The van der Waals surface area contributed by atoms with E-state index in [1.54, 1.807) is 11.8 Å². The van der Waals surface area contributed by atoms with Crippen LogP contribution in [0.25, 0.3) is 0 Å². The van der Waals surface area contributed by atoms with Gasteiger partial charge in [0, 0.05) is 37.9 Å². The minimum atomic E-state index is -0.491. The van der Waals surface area contributed by atoms with Crippen molar-refractivity contribution in [1.82, 2.24) is 4.90 Å². The summed E-state index contributed by atoms with van der Waals surface area (Å²) in [6, 6.07) is 14.3. The number of hydrogen-bond donors (Lipinski definition) is 1. The Bertz CT molecular complexity index is 922. The van der Waals surface area contributed by atoms with Crippen LogP contribution in [0.3, 0.4) is 0 Å². The number of carbonyl (C=O) groups is 2. The van der Waals surface area contributed by atoms with E-state index in [9.17, 15) is 9.59 Å². The minimum Gasteiger partial charge on any atom is -0.324 e. The predicted octanol–water partition coefficient (Wildman–Crippen LogP) is 3.51. The van der Waals surface area contributed by atoms with E-state index in [2.05, 4.69) is 41.4 Å². The Morgan fingerprint density at radius 2 is 1.86 bits per heavy atom. The molecule has 146 valence electrons. The number of carbonyl (C=O) groups excluding carboxylic acids is 2. The van der Waals surface area contributed by atoms with Gasteiger partial charge in [-0.1, -0.05) is 29.8 Å². The molecule has 1 unspecified atom stereocenters. The summed E-state index contributed by atoms with van der Waals surface area (Å²) in [5.41, 5.74) is 4.86. The van der Waals surface area contributed by atoms with Crippen molar-refractivity contribution in [2.75, 3.05) is 23.3 Å². The van der Waals surface area contributed by atoms with Crippen LogP contribution < -0.4 is 10.2 Å². The molecule has 2 aliphatic heterocycles. The molecule has 2 aliphatic rings. The number of hydrogen-bond acceptors (Lipinski definition) is 3. The van der Waals surface area contributed by atoms with E-state index in [0.29, 0.717) is 6.54 Å². The Kier molecular flexibility index (Phi) is 4.71. The van der Waals surface area contributed by atoms with Gasteiger partial charge in [0.05, 0.1) is 5.54 Å². The van der Waals surface area contributed by atoms with Gasteiger partial charge in [0.15, 0.2) is 0 Å². The Balaban J connectivity index is 1.44. The molecule has 2 aromatic rings. The molecule has 5 heteroatoms. The molecule has 2 aromatic carbocycles. The van der Waals surface area contributed by atoms with Crippen LogP contribution in [0.1, 0.15) is 37.0 Å². The van der Waals surface area contributed by atoms with E-state index in [0.717, 1.165) is 42.9 Å². The average molecular weight is 377 g/mol. The Labute approximate surface area is 166 Å². The second-order valence-corrected chi connectivity index (χ2v) is 8.15. The highest BCUT2D eigenvalue weighted by Crippen LogP contribution is 2.35. The van der Waals surface area contributed by atoms with Gasteiger partial charge in [0.25, 0.3) is 0 Å². The maximum absolute atomic E-state index is 13.0. The van der Waals surface area contributed by atoms with Crippen molar-refractivity contribution in [3.8, 4) is 0 Å². The van der Waals surface area contributed by atoms with E-state index in [1.165, 1.54) is 11.1 Å². The summed E-state index contributed by atoms with van der Waals surface area (Å²) in [6.45, 7) is 8.11. The van der Waals surface area contributed by atoms with Crippen molar-refractivity contribution in [3.63, 3.8) is 0 Å². The first-order valence-corrected chi connectivity index (χ1v) is 9.90. The summed E-state index contributed by atoms with van der Waals surface area (Å²) in [5, 5.41) is 3.10. The quantitative estimate of drug-likeness (QED) is 0.887. The van der Waals surface area contributed by atoms with Crippen LogP contribution in [0.4, 0.5) is 11.4 Å². The molecule has 2 heterocycles. The zero-order valence-corrected chi connectivity index (χ0v) is 16.8. The van der Waals surface area contributed by atoms with Crippen LogP contribution in [0.2, 0.25) is 0 Å². The van der Waals surface area contributed by atoms with Crippen molar-refractivity contribution < 1.29 is 9.59 Å². The van der Waals surface area contributed by atoms with Gasteiger partial charge in [-0.2, -0.15) is 0 Å². The second kappa shape index (κ2) is 7.06. The topological polar surface area (TPSA) is 52.7 Å². The average Bonchev–Trinajstić information content (AvgIpc) is 3.09. The van der Waals surface area contributed by atoms with Crippen LogP contribution in [-0.4, -0.2) is 35.3 Å². The molecule has 0 saturated carbocycles. The molecule has 4 rings (SSSR count). The van der Waals surface area contributed by atoms with Gasteiger partial charge in [-0.15, -0.1) is 0 Å². The molecule has 5 nitrogen and oxygen atoms in total. The van der Waals surface area contributed by atoms with E-state index in [-0.39, 0.29) is 11.8 Å². The zero-order valence-electron chi connectivity index (χ0n) is 16.8. The number of rotatable bonds is 4. The van der Waals surface area contributed by atoms with E-state index in [4.69, 9.17) is 0 Å². The molecule has 2 amide bonds. The smallest absolute Gasteiger partial charge is 0.244 e. The Morgan fingerprint density at radius 1 is 1.11 bits per heavy atom. The number of benzene rings is 2. The first-order valence-electron chi connectivity index (χ1n) is 9.90. The fraction of sp³-hybridized carbons (Fsp3) is 0.391. The molecule has 1 saturated heterocycles. The number of fused-ring (bicyclic) bond motifs is 1. The lowest BCUT2D eigenvalue weighted by Crippen LogP contribution is -2.63. The second-order valence-electron chi connectivity index (χ2n) is 8.15. The third-order valence-electron chi connectivity index (χ3n) is 6.16. The summed E-state index contributed by atoms with van der Waals surface area (Å²) >= 11 is 0. The van der Waals surface area contributed by atoms with Crippen LogP contribution in [0.15, 0.2) is 42.5 Å². The fourth-order valence-corrected chi connectivity index (χ4v) is 4.10. The molecule has 0 radical (unpaired) electrons. The van der Waals surface area contributed by atoms with Crippen LogP contribution in [-0.2, 0) is 22.6 Å². The summed E-state index contributed by atoms with van der Waals surface area (Å²) in [7, 11) is 0. The van der Waals surface area contributed by atoms with Gasteiger partial charge in [0.1, 0.15) is 0 Å². The van der Waals surface area contributed by atoms with Crippen LogP contribution >= 0.6 is 0 Å². The first kappa shape index (κ1) is 18.7. The van der Waals surface area contributed by atoms with Gasteiger partial charge in [0.2, 0.25) is 11.8 Å². The summed E-state index contributed by atoms with van der Waals surface area (Å²) < 4.78 is 0. The third kappa shape index (κ3) is 3.31. The standard InChI is InChI=1S/C23H27N3O2/c1-16-4-6-18(7-5-16)15-25-13-11-23(25,3)22(28)24-20-8-9-21-19(14-20)10-12-26(21)17(2)27/h4-9,14H,10-13,15H2,1-3H3,(H,24,28). The molecule has 0 aromatic heterocycles. The predicted molar refractivity (Wildman–Crippen MR) is 111 cm³/mol. The van der Waals surface area contributed by atoms with Crippen molar-refractivity contribution in [2.45, 2.75) is 45.7 Å². The number of amides is 2. The number of likely N-dealkylation sites (tertiary alicyclic amines) is 1. The molecule has 0 bridgehead atoms. The molecular weight excluding hydrogens is 350 g/mol. The highest BCUT2D eigenvalue weighted by molar-refractivity contribution is 5.99. The van der Waals surface area contributed by atoms with Gasteiger partial charge in [-0.05, 0) is 56.0 Å². The highest BCUT2D eigenvalue weighted by Gasteiger charge is 2.46. The highest BCUT2D eigenvalue weighted by atomic mass is 16.2. The molecular formula is C23H27N3O2. The van der Waals surface area contributed by atoms with Crippen molar-refractivity contribution in [2.24, 2.45) is 0 Å². The lowest BCUT2D eigenvalue weighted by molar-refractivity contribution is -0.136. The monoisotopic (exact) mass is 377 g/mol.